The van der Waals surface area contributed by atoms with Crippen LogP contribution in [0.5, 0.6) is 0 Å². The normalized spacial score (nSPS) is 15.0. The number of hydrogen-bond donors (Lipinski definition) is 1. The summed E-state index contributed by atoms with van der Waals surface area (Å²) in [5.41, 5.74) is -3.15. The molecule has 3 aromatic heterocycles. The van der Waals surface area contributed by atoms with Gasteiger partial charge in [-0.1, -0.05) is 31.5 Å². The van der Waals surface area contributed by atoms with E-state index in [1.807, 2.05) is 0 Å². The SMILES string of the molecule is CC(c1ncnc(Cl)c1F)c1ncnc([C@@H](C)[C@@](O)(Cn2cncn2)c2ccc(F)cc2F)c1F. The molecule has 0 bridgehead atoms. The van der Waals surface area contributed by atoms with Gasteiger partial charge in [-0.05, 0) is 6.07 Å². The average Bonchev–Trinajstić information content (AvgIpc) is 3.33. The summed E-state index contributed by atoms with van der Waals surface area (Å²) in [5.74, 6) is -5.99. The van der Waals surface area contributed by atoms with Gasteiger partial charge in [0, 0.05) is 23.5 Å². The fourth-order valence-corrected chi connectivity index (χ4v) is 4.02. The lowest BCUT2D eigenvalue weighted by atomic mass is 9.79. The largest absolute Gasteiger partial charge is 0.382 e. The van der Waals surface area contributed by atoms with Crippen molar-refractivity contribution >= 4 is 11.6 Å². The van der Waals surface area contributed by atoms with E-state index in [1.165, 1.54) is 31.2 Å². The second-order valence-corrected chi connectivity index (χ2v) is 8.26. The molecule has 4 aromatic rings. The first-order valence-corrected chi connectivity index (χ1v) is 10.7. The number of rotatable bonds is 7. The summed E-state index contributed by atoms with van der Waals surface area (Å²) >= 11 is 5.73. The van der Waals surface area contributed by atoms with Gasteiger partial charge in [0.05, 0.1) is 23.6 Å². The van der Waals surface area contributed by atoms with E-state index in [0.717, 1.165) is 24.8 Å². The predicted molar refractivity (Wildman–Crippen MR) is 115 cm³/mol. The molecule has 35 heavy (non-hydrogen) atoms. The molecule has 8 nitrogen and oxygen atoms in total. The molecule has 0 radical (unpaired) electrons. The average molecular weight is 508 g/mol. The number of nitrogens with zero attached hydrogens (tertiary/aromatic N) is 7. The molecule has 0 aliphatic rings. The Kier molecular flexibility index (Phi) is 6.77. The number of aromatic nitrogens is 7. The molecule has 0 aliphatic carbocycles. The van der Waals surface area contributed by atoms with Gasteiger partial charge in [0.2, 0.25) is 0 Å². The van der Waals surface area contributed by atoms with Crippen molar-refractivity contribution < 1.29 is 22.7 Å². The number of aliphatic hydroxyl groups is 1. The second-order valence-electron chi connectivity index (χ2n) is 7.91. The quantitative estimate of drug-likeness (QED) is 0.299. The molecule has 1 aromatic carbocycles. The lowest BCUT2D eigenvalue weighted by molar-refractivity contribution is -0.0134. The van der Waals surface area contributed by atoms with Crippen LogP contribution >= 0.6 is 11.6 Å². The summed E-state index contributed by atoms with van der Waals surface area (Å²) in [4.78, 5) is 19.1. The van der Waals surface area contributed by atoms with Gasteiger partial charge in [0.1, 0.15) is 42.5 Å². The molecule has 0 fully saturated rings. The highest BCUT2D eigenvalue weighted by molar-refractivity contribution is 6.29. The summed E-state index contributed by atoms with van der Waals surface area (Å²) < 4.78 is 59.9. The number of benzene rings is 1. The minimum atomic E-state index is -2.15. The molecular formula is C22H18ClF4N7O. The first kappa shape index (κ1) is 24.6. The van der Waals surface area contributed by atoms with Crippen molar-refractivity contribution in [1.82, 2.24) is 34.7 Å². The summed E-state index contributed by atoms with van der Waals surface area (Å²) in [6.45, 7) is 2.52. The van der Waals surface area contributed by atoms with Crippen molar-refractivity contribution in [3.63, 3.8) is 0 Å². The van der Waals surface area contributed by atoms with E-state index in [-0.39, 0.29) is 29.2 Å². The number of halogens is 5. The fourth-order valence-electron chi connectivity index (χ4n) is 3.88. The van der Waals surface area contributed by atoms with Gasteiger partial charge in [-0.2, -0.15) is 5.10 Å². The lowest BCUT2D eigenvalue weighted by Crippen LogP contribution is -2.39. The van der Waals surface area contributed by atoms with Gasteiger partial charge in [-0.15, -0.1) is 0 Å². The Labute approximate surface area is 201 Å². The molecule has 3 atom stereocenters. The third-order valence-electron chi connectivity index (χ3n) is 5.83. The minimum Gasteiger partial charge on any atom is -0.382 e. The Balaban J connectivity index is 1.82. The molecule has 0 amide bonds. The molecule has 1 unspecified atom stereocenters. The van der Waals surface area contributed by atoms with Crippen LogP contribution in [-0.4, -0.2) is 39.8 Å². The standard InChI is InChI=1S/C22H18ClF4N7O/c1-11(19-17(27)21(23)32-9-30-19)18-16(26)20(31-8-29-18)12(2)22(35,6-34-10-28-7-33-34)14-4-3-13(24)5-15(14)25/h3-5,7-12,35H,6H2,1-2H3/t11?,12-,22+/m1/s1. The van der Waals surface area contributed by atoms with Crippen molar-refractivity contribution in [2.75, 3.05) is 0 Å². The highest BCUT2D eigenvalue weighted by Crippen LogP contribution is 2.41. The molecule has 0 aliphatic heterocycles. The van der Waals surface area contributed by atoms with Crippen LogP contribution in [0, 0.1) is 23.3 Å². The first-order valence-electron chi connectivity index (χ1n) is 10.3. The molecular weight excluding hydrogens is 490 g/mol. The lowest BCUT2D eigenvalue weighted by Gasteiger charge is -2.34. The van der Waals surface area contributed by atoms with Crippen LogP contribution in [0.4, 0.5) is 17.6 Å². The van der Waals surface area contributed by atoms with E-state index in [2.05, 4.69) is 30.0 Å². The van der Waals surface area contributed by atoms with E-state index in [9.17, 15) is 18.3 Å². The Morgan fingerprint density at radius 1 is 0.943 bits per heavy atom. The Morgan fingerprint density at radius 3 is 2.26 bits per heavy atom. The first-order chi connectivity index (χ1) is 16.6. The highest BCUT2D eigenvalue weighted by Gasteiger charge is 2.42. The van der Waals surface area contributed by atoms with E-state index in [0.29, 0.717) is 6.07 Å². The summed E-state index contributed by atoms with van der Waals surface area (Å²) in [5, 5.41) is 15.2. The van der Waals surface area contributed by atoms with E-state index in [1.54, 1.807) is 0 Å². The van der Waals surface area contributed by atoms with E-state index in [4.69, 9.17) is 11.6 Å². The van der Waals surface area contributed by atoms with Crippen molar-refractivity contribution in [2.24, 2.45) is 0 Å². The Hall–Kier alpha value is -3.51. The van der Waals surface area contributed by atoms with Gasteiger partial charge < -0.3 is 5.11 Å². The van der Waals surface area contributed by atoms with Crippen LogP contribution < -0.4 is 0 Å². The van der Waals surface area contributed by atoms with Crippen molar-refractivity contribution in [3.05, 3.63) is 94.6 Å². The van der Waals surface area contributed by atoms with Crippen LogP contribution in [0.25, 0.3) is 0 Å². The van der Waals surface area contributed by atoms with Gasteiger partial charge >= 0.3 is 0 Å². The molecule has 0 saturated carbocycles. The van der Waals surface area contributed by atoms with Crippen molar-refractivity contribution in [2.45, 2.75) is 37.8 Å². The van der Waals surface area contributed by atoms with Gasteiger partial charge in [0.25, 0.3) is 0 Å². The maximum absolute atomic E-state index is 15.8. The molecule has 182 valence electrons. The van der Waals surface area contributed by atoms with Crippen molar-refractivity contribution in [1.29, 1.82) is 0 Å². The third kappa shape index (κ3) is 4.58. The van der Waals surface area contributed by atoms with Crippen molar-refractivity contribution in [3.8, 4) is 0 Å². The topological polar surface area (TPSA) is 102 Å². The molecule has 0 spiro atoms. The van der Waals surface area contributed by atoms with Gasteiger partial charge in [0.15, 0.2) is 16.8 Å². The third-order valence-corrected chi connectivity index (χ3v) is 6.09. The molecule has 1 N–H and O–H groups in total. The van der Waals surface area contributed by atoms with Crippen LogP contribution in [-0.2, 0) is 12.1 Å². The van der Waals surface area contributed by atoms with Crippen LogP contribution in [0.2, 0.25) is 5.15 Å². The predicted octanol–water partition coefficient (Wildman–Crippen LogP) is 3.91. The van der Waals surface area contributed by atoms with E-state index >= 15 is 4.39 Å². The molecule has 13 heteroatoms. The zero-order valence-corrected chi connectivity index (χ0v) is 19.1. The zero-order chi connectivity index (χ0) is 25.3. The fraction of sp³-hybridized carbons (Fsp3) is 0.273. The van der Waals surface area contributed by atoms with E-state index < -0.39 is 45.9 Å². The number of hydrogen-bond acceptors (Lipinski definition) is 7. The molecule has 0 saturated heterocycles. The minimum absolute atomic E-state index is 0.191. The second kappa shape index (κ2) is 9.62. The smallest absolute Gasteiger partial charge is 0.182 e. The molecule has 4 rings (SSSR count). The molecule has 3 heterocycles. The van der Waals surface area contributed by atoms with Gasteiger partial charge in [-0.25, -0.2) is 47.2 Å². The summed E-state index contributed by atoms with van der Waals surface area (Å²) in [7, 11) is 0. The zero-order valence-electron chi connectivity index (χ0n) is 18.4. The van der Waals surface area contributed by atoms with Crippen LogP contribution in [0.15, 0.2) is 43.5 Å². The van der Waals surface area contributed by atoms with Crippen LogP contribution in [0.1, 0.15) is 48.3 Å². The summed E-state index contributed by atoms with van der Waals surface area (Å²) in [6, 6.07) is 2.65. The van der Waals surface area contributed by atoms with Gasteiger partial charge in [-0.3, -0.25) is 0 Å². The maximum atomic E-state index is 15.8. The highest BCUT2D eigenvalue weighted by atomic mass is 35.5. The Morgan fingerprint density at radius 2 is 1.60 bits per heavy atom. The maximum Gasteiger partial charge on any atom is 0.182 e. The Bertz CT molecular complexity index is 1360. The monoisotopic (exact) mass is 507 g/mol. The summed E-state index contributed by atoms with van der Waals surface area (Å²) in [6.07, 6.45) is 4.57. The van der Waals surface area contributed by atoms with Crippen LogP contribution in [0.3, 0.4) is 0 Å².